The Morgan fingerprint density at radius 3 is 2.39 bits per heavy atom. The minimum atomic E-state index is 0.0688. The van der Waals surface area contributed by atoms with E-state index in [9.17, 15) is 0 Å². The van der Waals surface area contributed by atoms with E-state index in [1.165, 1.54) is 60.8 Å². The third kappa shape index (κ3) is 3.20. The number of hydrogen-bond acceptors (Lipinski definition) is 1. The van der Waals surface area contributed by atoms with E-state index < -0.39 is 0 Å². The second-order valence-corrected chi connectivity index (χ2v) is 10.3. The number of rotatable bonds is 4. The Bertz CT molecular complexity index is 1520. The van der Waals surface area contributed by atoms with Crippen LogP contribution in [0.25, 0.3) is 44.1 Å². The van der Waals surface area contributed by atoms with Crippen LogP contribution in [0.5, 0.6) is 0 Å². The van der Waals surface area contributed by atoms with Gasteiger partial charge in [0.05, 0.1) is 0 Å². The Morgan fingerprint density at radius 2 is 1.55 bits per heavy atom. The van der Waals surface area contributed by atoms with E-state index in [-0.39, 0.29) is 5.54 Å². The average Bonchev–Trinajstić information content (AvgIpc) is 3.36. The van der Waals surface area contributed by atoms with E-state index in [1.54, 1.807) is 0 Å². The van der Waals surface area contributed by atoms with E-state index >= 15 is 0 Å². The summed E-state index contributed by atoms with van der Waals surface area (Å²) in [6.07, 6.45) is 2.01. The average molecular weight is 431 g/mol. The fourth-order valence-electron chi connectivity index (χ4n) is 5.39. The molecule has 0 bridgehead atoms. The number of aromatic nitrogens is 1. The molecule has 0 radical (unpaired) electrons. The lowest BCUT2D eigenvalue weighted by Gasteiger charge is -2.34. The van der Waals surface area contributed by atoms with Crippen molar-refractivity contribution in [2.45, 2.75) is 32.2 Å². The molecule has 0 aliphatic heterocycles. The molecule has 0 spiro atoms. The number of para-hydroxylation sites is 1. The minimum Gasteiger partial charge on any atom is -0.355 e. The Kier molecular flexibility index (Phi) is 4.50. The van der Waals surface area contributed by atoms with Crippen LogP contribution in [-0.4, -0.2) is 29.5 Å². The highest BCUT2D eigenvalue weighted by molar-refractivity contribution is 6.08. The van der Waals surface area contributed by atoms with Crippen LogP contribution >= 0.6 is 0 Å². The zero-order chi connectivity index (χ0) is 22.7. The molecule has 1 heterocycles. The van der Waals surface area contributed by atoms with Gasteiger partial charge in [0.1, 0.15) is 0 Å². The summed E-state index contributed by atoms with van der Waals surface area (Å²) < 4.78 is 0. The van der Waals surface area contributed by atoms with Crippen molar-refractivity contribution in [3.8, 4) is 22.3 Å². The highest BCUT2D eigenvalue weighted by Gasteiger charge is 2.28. The smallest absolute Gasteiger partial charge is 0.0465 e. The Morgan fingerprint density at radius 1 is 0.788 bits per heavy atom. The molecule has 0 fully saturated rings. The molecule has 2 heteroatoms. The van der Waals surface area contributed by atoms with E-state index in [0.29, 0.717) is 0 Å². The quantitative estimate of drug-likeness (QED) is 0.308. The van der Waals surface area contributed by atoms with Gasteiger partial charge in [-0.1, -0.05) is 60.7 Å². The SMILES string of the molecule is CN(C)C(C)(C)Cc1ccc2c(c1-c1ccc3[nH]c4ccccc4c3c1)Cc1ccccc1-2. The van der Waals surface area contributed by atoms with Gasteiger partial charge in [-0.15, -0.1) is 0 Å². The molecule has 1 aliphatic rings. The lowest BCUT2D eigenvalue weighted by molar-refractivity contribution is 0.195. The van der Waals surface area contributed by atoms with E-state index in [4.69, 9.17) is 0 Å². The molecule has 1 aliphatic carbocycles. The van der Waals surface area contributed by atoms with Gasteiger partial charge in [-0.2, -0.15) is 0 Å². The fraction of sp³-hybridized carbons (Fsp3) is 0.226. The third-order valence-electron chi connectivity index (χ3n) is 7.70. The molecule has 2 nitrogen and oxygen atoms in total. The largest absolute Gasteiger partial charge is 0.355 e. The molecule has 0 amide bonds. The van der Waals surface area contributed by atoms with Crippen LogP contribution < -0.4 is 0 Å². The van der Waals surface area contributed by atoms with Gasteiger partial charge < -0.3 is 9.88 Å². The molecular weight excluding hydrogens is 400 g/mol. The van der Waals surface area contributed by atoms with Crippen LogP contribution in [0.4, 0.5) is 0 Å². The lowest BCUT2D eigenvalue weighted by atomic mass is 9.84. The van der Waals surface area contributed by atoms with Crippen molar-refractivity contribution in [3.63, 3.8) is 0 Å². The van der Waals surface area contributed by atoms with E-state index in [1.807, 2.05) is 0 Å². The zero-order valence-electron chi connectivity index (χ0n) is 19.9. The standard InChI is InChI=1S/C31H30N2/c1-31(2,33(3)4)19-22-13-15-24-23-10-6-5-9-20(23)17-27(24)30(22)21-14-16-29-26(18-21)25-11-7-8-12-28(25)32-29/h5-16,18,32H,17,19H2,1-4H3. The maximum atomic E-state index is 3.58. The molecule has 0 saturated carbocycles. The summed E-state index contributed by atoms with van der Waals surface area (Å²) in [6, 6.07) is 29.2. The molecule has 4 aromatic carbocycles. The zero-order valence-corrected chi connectivity index (χ0v) is 19.9. The first kappa shape index (κ1) is 20.3. The third-order valence-corrected chi connectivity index (χ3v) is 7.70. The number of nitrogens with zero attached hydrogens (tertiary/aromatic N) is 1. The number of nitrogens with one attached hydrogen (secondary N) is 1. The van der Waals surface area contributed by atoms with Gasteiger partial charge in [-0.3, -0.25) is 0 Å². The number of likely N-dealkylation sites (N-methyl/N-ethyl adjacent to an activating group) is 1. The molecule has 5 aromatic rings. The van der Waals surface area contributed by atoms with E-state index in [0.717, 1.165) is 12.8 Å². The second-order valence-electron chi connectivity index (χ2n) is 10.3. The molecule has 164 valence electrons. The van der Waals surface area contributed by atoms with Crippen molar-refractivity contribution in [1.82, 2.24) is 9.88 Å². The lowest BCUT2D eigenvalue weighted by Crippen LogP contribution is -2.40. The highest BCUT2D eigenvalue weighted by atomic mass is 15.1. The van der Waals surface area contributed by atoms with Gasteiger partial charge >= 0.3 is 0 Å². The molecule has 33 heavy (non-hydrogen) atoms. The van der Waals surface area contributed by atoms with Crippen LogP contribution in [0.3, 0.4) is 0 Å². The summed E-state index contributed by atoms with van der Waals surface area (Å²) >= 11 is 0. The first-order valence-electron chi connectivity index (χ1n) is 11.8. The number of fused-ring (bicyclic) bond motifs is 6. The summed E-state index contributed by atoms with van der Waals surface area (Å²) in [6.45, 7) is 4.67. The summed E-state index contributed by atoms with van der Waals surface area (Å²) in [7, 11) is 4.36. The maximum Gasteiger partial charge on any atom is 0.0465 e. The van der Waals surface area contributed by atoms with Gasteiger partial charge in [-0.05, 0) is 97.9 Å². The van der Waals surface area contributed by atoms with Gasteiger partial charge in [0.25, 0.3) is 0 Å². The van der Waals surface area contributed by atoms with Crippen molar-refractivity contribution in [2.24, 2.45) is 0 Å². The molecule has 0 atom stereocenters. The Labute approximate surface area is 195 Å². The van der Waals surface area contributed by atoms with Crippen molar-refractivity contribution in [3.05, 3.63) is 95.6 Å². The maximum absolute atomic E-state index is 3.58. The summed E-state index contributed by atoms with van der Waals surface area (Å²) in [5, 5.41) is 2.59. The number of hydrogen-bond donors (Lipinski definition) is 1. The van der Waals surface area contributed by atoms with E-state index in [2.05, 4.69) is 117 Å². The molecule has 1 N–H and O–H groups in total. The monoisotopic (exact) mass is 430 g/mol. The number of benzene rings is 4. The Hall–Kier alpha value is -3.36. The van der Waals surface area contributed by atoms with Gasteiger partial charge in [0, 0.05) is 27.3 Å². The van der Waals surface area contributed by atoms with Crippen LogP contribution in [0.15, 0.2) is 78.9 Å². The predicted octanol–water partition coefficient (Wildman–Crippen LogP) is 7.44. The first-order chi connectivity index (χ1) is 15.9. The van der Waals surface area contributed by atoms with Crippen molar-refractivity contribution < 1.29 is 0 Å². The molecule has 0 unspecified atom stereocenters. The normalized spacial score (nSPS) is 13.1. The summed E-state index contributed by atoms with van der Waals surface area (Å²) in [4.78, 5) is 5.92. The first-order valence-corrected chi connectivity index (χ1v) is 11.8. The number of H-pyrrole nitrogens is 1. The van der Waals surface area contributed by atoms with Crippen molar-refractivity contribution >= 4 is 21.8 Å². The van der Waals surface area contributed by atoms with Crippen LogP contribution in [-0.2, 0) is 12.8 Å². The summed E-state index contributed by atoms with van der Waals surface area (Å²) in [5.74, 6) is 0. The predicted molar refractivity (Wildman–Crippen MR) is 141 cm³/mol. The molecule has 0 saturated heterocycles. The van der Waals surface area contributed by atoms with Crippen molar-refractivity contribution in [2.75, 3.05) is 14.1 Å². The van der Waals surface area contributed by atoms with Gasteiger partial charge in [-0.25, -0.2) is 0 Å². The fourth-order valence-corrected chi connectivity index (χ4v) is 5.39. The molecule has 6 rings (SSSR count). The minimum absolute atomic E-state index is 0.0688. The molecular formula is C31H30N2. The van der Waals surface area contributed by atoms with Crippen molar-refractivity contribution in [1.29, 1.82) is 0 Å². The topological polar surface area (TPSA) is 19.0 Å². The van der Waals surface area contributed by atoms with Gasteiger partial charge in [0.15, 0.2) is 0 Å². The van der Waals surface area contributed by atoms with Gasteiger partial charge in [0.2, 0.25) is 0 Å². The molecule has 1 aromatic heterocycles. The van der Waals surface area contributed by atoms with Crippen LogP contribution in [0, 0.1) is 0 Å². The van der Waals surface area contributed by atoms with Crippen LogP contribution in [0.1, 0.15) is 30.5 Å². The second kappa shape index (κ2) is 7.33. The Balaban J connectivity index is 1.60. The van der Waals surface area contributed by atoms with Crippen LogP contribution in [0.2, 0.25) is 0 Å². The highest BCUT2D eigenvalue weighted by Crippen LogP contribution is 2.44. The number of aromatic amines is 1. The summed E-state index contributed by atoms with van der Waals surface area (Å²) in [5.41, 5.74) is 12.3.